The lowest BCUT2D eigenvalue weighted by Gasteiger charge is -2.15. The maximum atomic E-state index is 12.4. The highest BCUT2D eigenvalue weighted by Crippen LogP contribution is 2.23. The van der Waals surface area contributed by atoms with Crippen LogP contribution in [0.1, 0.15) is 28.9 Å². The summed E-state index contributed by atoms with van der Waals surface area (Å²) in [5, 5.41) is 6.32. The lowest BCUT2D eigenvalue weighted by atomic mass is 10.1. The molecule has 5 rings (SSSR count). The first-order valence-electron chi connectivity index (χ1n) is 10.6. The molecule has 0 spiro atoms. The molecule has 0 aliphatic rings. The summed E-state index contributed by atoms with van der Waals surface area (Å²) in [6.07, 6.45) is 5.12. The monoisotopic (exact) mass is 434 g/mol. The van der Waals surface area contributed by atoms with Crippen molar-refractivity contribution in [2.75, 3.05) is 10.6 Å². The van der Waals surface area contributed by atoms with Crippen molar-refractivity contribution in [3.8, 4) is 5.82 Å². The van der Waals surface area contributed by atoms with Crippen LogP contribution in [0, 0.1) is 0 Å². The third-order valence-corrected chi connectivity index (χ3v) is 5.37. The number of nitrogens with zero attached hydrogens (tertiary/aromatic N) is 4. The molecule has 0 unspecified atom stereocenters. The van der Waals surface area contributed by atoms with E-state index in [2.05, 4.69) is 39.7 Å². The normalized spacial score (nSPS) is 11.8. The lowest BCUT2D eigenvalue weighted by molar-refractivity contribution is 0.102. The number of benzene rings is 3. The molecule has 2 heterocycles. The van der Waals surface area contributed by atoms with Crippen LogP contribution in [0.25, 0.3) is 16.9 Å². The van der Waals surface area contributed by atoms with E-state index in [1.54, 1.807) is 30.9 Å². The number of carbonyl (C=O) groups is 1. The minimum Gasteiger partial charge on any atom is -0.362 e. The van der Waals surface area contributed by atoms with Gasteiger partial charge in [-0.1, -0.05) is 48.5 Å². The molecular weight excluding hydrogens is 412 g/mol. The lowest BCUT2D eigenvalue weighted by Crippen LogP contribution is -2.11. The number of aromatic nitrogens is 4. The molecule has 7 heteroatoms. The van der Waals surface area contributed by atoms with Crippen molar-refractivity contribution >= 4 is 28.4 Å². The van der Waals surface area contributed by atoms with Crippen molar-refractivity contribution in [2.45, 2.75) is 13.0 Å². The largest absolute Gasteiger partial charge is 0.362 e. The Hall–Kier alpha value is -4.52. The van der Waals surface area contributed by atoms with Crippen LogP contribution in [-0.4, -0.2) is 25.4 Å². The Bertz CT molecular complexity index is 1400. The Balaban J connectivity index is 1.37. The van der Waals surface area contributed by atoms with Gasteiger partial charge in [0.05, 0.1) is 23.4 Å². The average molecular weight is 435 g/mol. The topological polar surface area (TPSA) is 84.7 Å². The summed E-state index contributed by atoms with van der Waals surface area (Å²) in [4.78, 5) is 26.0. The van der Waals surface area contributed by atoms with Crippen LogP contribution in [0.4, 0.5) is 11.5 Å². The van der Waals surface area contributed by atoms with Gasteiger partial charge in [-0.15, -0.1) is 0 Å². The number of amides is 1. The molecule has 7 nitrogen and oxygen atoms in total. The number of carbonyl (C=O) groups excluding carboxylic acids is 1. The zero-order valence-corrected chi connectivity index (χ0v) is 18.0. The van der Waals surface area contributed by atoms with Gasteiger partial charge in [-0.2, -0.15) is 0 Å². The summed E-state index contributed by atoms with van der Waals surface area (Å²) in [6, 6.07) is 25.0. The van der Waals surface area contributed by atoms with Gasteiger partial charge in [-0.05, 0) is 42.8 Å². The van der Waals surface area contributed by atoms with E-state index in [0.29, 0.717) is 22.9 Å². The molecule has 0 aliphatic heterocycles. The van der Waals surface area contributed by atoms with Crippen LogP contribution in [0.15, 0.2) is 97.6 Å². The van der Waals surface area contributed by atoms with Gasteiger partial charge in [0.1, 0.15) is 12.1 Å². The summed E-state index contributed by atoms with van der Waals surface area (Å²) in [5.41, 5.74) is 4.07. The predicted molar refractivity (Wildman–Crippen MR) is 130 cm³/mol. The van der Waals surface area contributed by atoms with E-state index in [9.17, 15) is 4.79 Å². The number of hydrogen-bond acceptors (Lipinski definition) is 5. The molecule has 162 valence electrons. The van der Waals surface area contributed by atoms with E-state index in [1.807, 2.05) is 59.2 Å². The highest BCUT2D eigenvalue weighted by Gasteiger charge is 2.11. The van der Waals surface area contributed by atoms with Gasteiger partial charge in [0, 0.05) is 17.3 Å². The van der Waals surface area contributed by atoms with Gasteiger partial charge in [-0.25, -0.2) is 9.97 Å². The highest BCUT2D eigenvalue weighted by molar-refractivity contribution is 6.04. The van der Waals surface area contributed by atoms with Crippen molar-refractivity contribution in [3.63, 3.8) is 0 Å². The molecule has 33 heavy (non-hydrogen) atoms. The average Bonchev–Trinajstić information content (AvgIpc) is 3.28. The SMILES string of the molecule is C[C@H](Nc1cncc(-n2cnc3cc(NC(=O)c4ccccc4)ccc32)n1)c1ccccc1. The molecular formula is C26H22N6O. The fraction of sp³-hybridized carbons (Fsp3) is 0.0769. The molecule has 0 radical (unpaired) electrons. The maximum Gasteiger partial charge on any atom is 0.255 e. The smallest absolute Gasteiger partial charge is 0.255 e. The summed E-state index contributed by atoms with van der Waals surface area (Å²) in [7, 11) is 0. The number of imidazole rings is 1. The molecule has 5 aromatic rings. The van der Waals surface area contributed by atoms with Crippen molar-refractivity contribution in [1.82, 2.24) is 19.5 Å². The fourth-order valence-electron chi connectivity index (χ4n) is 3.65. The van der Waals surface area contributed by atoms with E-state index in [1.165, 1.54) is 5.56 Å². The maximum absolute atomic E-state index is 12.4. The second-order valence-electron chi connectivity index (χ2n) is 7.68. The summed E-state index contributed by atoms with van der Waals surface area (Å²) in [6.45, 7) is 2.08. The van der Waals surface area contributed by atoms with Crippen molar-refractivity contribution < 1.29 is 4.79 Å². The minimum atomic E-state index is -0.161. The van der Waals surface area contributed by atoms with E-state index in [-0.39, 0.29) is 11.9 Å². The molecule has 1 atom stereocenters. The van der Waals surface area contributed by atoms with Crippen LogP contribution >= 0.6 is 0 Å². The number of rotatable bonds is 6. The van der Waals surface area contributed by atoms with Crippen LogP contribution in [0.3, 0.4) is 0 Å². The molecule has 0 fully saturated rings. The highest BCUT2D eigenvalue weighted by atomic mass is 16.1. The third kappa shape index (κ3) is 4.43. The molecule has 1 amide bonds. The fourth-order valence-corrected chi connectivity index (χ4v) is 3.65. The van der Waals surface area contributed by atoms with E-state index < -0.39 is 0 Å². The van der Waals surface area contributed by atoms with Gasteiger partial charge < -0.3 is 10.6 Å². The number of anilines is 2. The Labute approximate surface area is 191 Å². The number of fused-ring (bicyclic) bond motifs is 1. The van der Waals surface area contributed by atoms with Gasteiger partial charge in [-0.3, -0.25) is 14.3 Å². The molecule has 0 bridgehead atoms. The first-order chi connectivity index (χ1) is 16.2. The molecule has 0 saturated heterocycles. The first-order valence-corrected chi connectivity index (χ1v) is 10.6. The first kappa shape index (κ1) is 20.4. The molecule has 3 aromatic carbocycles. The van der Waals surface area contributed by atoms with Gasteiger partial charge in [0.15, 0.2) is 5.82 Å². The summed E-state index contributed by atoms with van der Waals surface area (Å²) < 4.78 is 1.88. The zero-order valence-electron chi connectivity index (χ0n) is 18.0. The zero-order chi connectivity index (χ0) is 22.6. The van der Waals surface area contributed by atoms with Gasteiger partial charge in [0.2, 0.25) is 0 Å². The van der Waals surface area contributed by atoms with E-state index in [0.717, 1.165) is 11.0 Å². The van der Waals surface area contributed by atoms with Gasteiger partial charge >= 0.3 is 0 Å². The van der Waals surface area contributed by atoms with E-state index in [4.69, 9.17) is 4.98 Å². The Morgan fingerprint density at radius 1 is 0.939 bits per heavy atom. The quantitative estimate of drug-likeness (QED) is 0.382. The van der Waals surface area contributed by atoms with Crippen LogP contribution in [0.2, 0.25) is 0 Å². The minimum absolute atomic E-state index is 0.0889. The Kier molecular flexibility index (Phi) is 5.51. The molecule has 0 aliphatic carbocycles. The summed E-state index contributed by atoms with van der Waals surface area (Å²) >= 11 is 0. The molecule has 2 aromatic heterocycles. The number of hydrogen-bond donors (Lipinski definition) is 2. The second-order valence-corrected chi connectivity index (χ2v) is 7.68. The van der Waals surface area contributed by atoms with Crippen molar-refractivity contribution in [2.24, 2.45) is 0 Å². The van der Waals surface area contributed by atoms with Crippen LogP contribution in [0.5, 0.6) is 0 Å². The Morgan fingerprint density at radius 2 is 1.70 bits per heavy atom. The second kappa shape index (κ2) is 8.92. The van der Waals surface area contributed by atoms with Crippen molar-refractivity contribution in [3.05, 3.63) is 109 Å². The third-order valence-electron chi connectivity index (χ3n) is 5.37. The number of nitrogens with one attached hydrogen (secondary N) is 2. The molecule has 2 N–H and O–H groups in total. The van der Waals surface area contributed by atoms with Crippen LogP contribution in [-0.2, 0) is 0 Å². The standard InChI is InChI=1S/C26H22N6O/c1-18(19-8-4-2-5-9-19)29-24-15-27-16-25(31-24)32-17-28-22-14-21(12-13-23(22)32)30-26(33)20-10-6-3-7-11-20/h2-18H,1H3,(H,29,31)(H,30,33)/t18-/m0/s1. The van der Waals surface area contributed by atoms with Gasteiger partial charge in [0.25, 0.3) is 5.91 Å². The van der Waals surface area contributed by atoms with Crippen LogP contribution < -0.4 is 10.6 Å². The van der Waals surface area contributed by atoms with E-state index >= 15 is 0 Å². The predicted octanol–water partition coefficient (Wildman–Crippen LogP) is 5.24. The van der Waals surface area contributed by atoms with Crippen molar-refractivity contribution in [1.29, 1.82) is 0 Å². The molecule has 0 saturated carbocycles. The summed E-state index contributed by atoms with van der Waals surface area (Å²) in [5.74, 6) is 1.17. The Morgan fingerprint density at radius 3 is 2.48 bits per heavy atom.